The Morgan fingerprint density at radius 2 is 2.16 bits per heavy atom. The van der Waals surface area contributed by atoms with E-state index in [1.54, 1.807) is 26.2 Å². The van der Waals surface area contributed by atoms with Gasteiger partial charge in [-0.15, -0.1) is 23.7 Å². The Labute approximate surface area is 156 Å². The molecular formula is C16H21ClN4O3S. The molecule has 1 N–H and O–H groups in total. The number of fused-ring (bicyclic) bond motifs is 1. The third kappa shape index (κ3) is 3.86. The molecule has 9 heteroatoms. The van der Waals surface area contributed by atoms with Gasteiger partial charge in [-0.05, 0) is 32.0 Å². The van der Waals surface area contributed by atoms with Crippen LogP contribution in [0.15, 0.2) is 12.3 Å². The lowest BCUT2D eigenvalue weighted by atomic mass is 10.0. The molecule has 0 spiro atoms. The molecule has 0 unspecified atom stereocenters. The van der Waals surface area contributed by atoms with Crippen LogP contribution < -0.4 is 5.32 Å². The van der Waals surface area contributed by atoms with Gasteiger partial charge in [0, 0.05) is 31.2 Å². The highest BCUT2D eigenvalue weighted by atomic mass is 35.5. The summed E-state index contributed by atoms with van der Waals surface area (Å²) >= 11 is 1.45. The number of anilines is 1. The van der Waals surface area contributed by atoms with Gasteiger partial charge >= 0.3 is 5.97 Å². The molecule has 2 aromatic heterocycles. The van der Waals surface area contributed by atoms with Gasteiger partial charge in [0.2, 0.25) is 0 Å². The number of hydrogen-bond donors (Lipinski definition) is 1. The van der Waals surface area contributed by atoms with Crippen molar-refractivity contribution in [3.8, 4) is 0 Å². The highest BCUT2D eigenvalue weighted by Crippen LogP contribution is 2.37. The Kier molecular flexibility index (Phi) is 6.21. The van der Waals surface area contributed by atoms with E-state index in [1.165, 1.54) is 16.0 Å². The van der Waals surface area contributed by atoms with Crippen LogP contribution in [0.1, 0.15) is 38.2 Å². The third-order valence-corrected chi connectivity index (χ3v) is 5.14. The summed E-state index contributed by atoms with van der Waals surface area (Å²) in [4.78, 5) is 28.2. The second-order valence-electron chi connectivity index (χ2n) is 5.71. The molecule has 2 aromatic rings. The SMILES string of the molecule is CCOC(=O)c1c(NC(=O)c2ccnn2C)sc2c1CCN(C)C2.Cl. The van der Waals surface area contributed by atoms with Crippen LogP contribution in [0, 0.1) is 0 Å². The van der Waals surface area contributed by atoms with E-state index in [2.05, 4.69) is 15.3 Å². The van der Waals surface area contributed by atoms with Crippen molar-refractivity contribution in [2.75, 3.05) is 25.5 Å². The van der Waals surface area contributed by atoms with Crippen molar-refractivity contribution in [2.45, 2.75) is 19.9 Å². The second-order valence-corrected chi connectivity index (χ2v) is 6.82. The van der Waals surface area contributed by atoms with E-state index in [-0.39, 0.29) is 24.3 Å². The molecule has 3 heterocycles. The molecule has 0 bridgehead atoms. The van der Waals surface area contributed by atoms with Gasteiger partial charge in [-0.1, -0.05) is 0 Å². The normalized spacial score (nSPS) is 13.7. The highest BCUT2D eigenvalue weighted by Gasteiger charge is 2.29. The molecule has 0 fully saturated rings. The number of amides is 1. The summed E-state index contributed by atoms with van der Waals surface area (Å²) in [5.41, 5.74) is 1.94. The van der Waals surface area contributed by atoms with E-state index in [1.807, 2.05) is 7.05 Å². The number of ether oxygens (including phenoxy) is 1. The van der Waals surface area contributed by atoms with Crippen LogP contribution in [0.4, 0.5) is 5.00 Å². The van der Waals surface area contributed by atoms with Crippen molar-refractivity contribution >= 4 is 40.6 Å². The first kappa shape index (κ1) is 19.4. The number of esters is 1. The van der Waals surface area contributed by atoms with E-state index in [0.29, 0.717) is 22.9 Å². The van der Waals surface area contributed by atoms with Crippen molar-refractivity contribution in [3.63, 3.8) is 0 Å². The van der Waals surface area contributed by atoms with Crippen molar-refractivity contribution < 1.29 is 14.3 Å². The average Bonchev–Trinajstić information content (AvgIpc) is 3.10. The zero-order valence-electron chi connectivity index (χ0n) is 14.4. The van der Waals surface area contributed by atoms with Crippen LogP contribution in [-0.2, 0) is 24.8 Å². The molecule has 0 saturated heterocycles. The fourth-order valence-corrected chi connectivity index (χ4v) is 4.11. The first-order chi connectivity index (χ1) is 11.5. The van der Waals surface area contributed by atoms with Crippen LogP contribution in [0.25, 0.3) is 0 Å². The van der Waals surface area contributed by atoms with E-state index >= 15 is 0 Å². The number of likely N-dealkylation sites (N-methyl/N-ethyl adjacent to an activating group) is 1. The predicted octanol–water partition coefficient (Wildman–Crippen LogP) is 2.32. The van der Waals surface area contributed by atoms with Gasteiger partial charge in [-0.2, -0.15) is 5.10 Å². The Morgan fingerprint density at radius 3 is 2.80 bits per heavy atom. The largest absolute Gasteiger partial charge is 0.462 e. The van der Waals surface area contributed by atoms with Gasteiger partial charge in [0.1, 0.15) is 10.7 Å². The lowest BCUT2D eigenvalue weighted by Crippen LogP contribution is -2.26. The Balaban J connectivity index is 0.00000225. The van der Waals surface area contributed by atoms with Crippen LogP contribution in [0.3, 0.4) is 0 Å². The molecule has 0 aliphatic carbocycles. The fraction of sp³-hybridized carbons (Fsp3) is 0.438. The van der Waals surface area contributed by atoms with Crippen molar-refractivity contribution in [2.24, 2.45) is 7.05 Å². The summed E-state index contributed by atoms with van der Waals surface area (Å²) in [6, 6.07) is 1.64. The van der Waals surface area contributed by atoms with Gasteiger partial charge in [0.05, 0.1) is 12.2 Å². The summed E-state index contributed by atoms with van der Waals surface area (Å²) < 4.78 is 6.70. The summed E-state index contributed by atoms with van der Waals surface area (Å²) in [7, 11) is 3.75. The Bertz CT molecular complexity index is 786. The number of aromatic nitrogens is 2. The quantitative estimate of drug-likeness (QED) is 0.818. The zero-order valence-corrected chi connectivity index (χ0v) is 16.0. The van der Waals surface area contributed by atoms with Crippen LogP contribution in [0.5, 0.6) is 0 Å². The van der Waals surface area contributed by atoms with Crippen molar-refractivity contribution in [3.05, 3.63) is 34.0 Å². The maximum absolute atomic E-state index is 12.5. The number of nitrogens with one attached hydrogen (secondary N) is 1. The second kappa shape index (κ2) is 7.99. The zero-order chi connectivity index (χ0) is 17.3. The molecule has 25 heavy (non-hydrogen) atoms. The van der Waals surface area contributed by atoms with Crippen molar-refractivity contribution in [1.29, 1.82) is 0 Å². The summed E-state index contributed by atoms with van der Waals surface area (Å²) in [5, 5.41) is 7.42. The van der Waals surface area contributed by atoms with Gasteiger partial charge in [-0.3, -0.25) is 9.48 Å². The molecule has 1 aliphatic heterocycles. The molecule has 7 nitrogen and oxygen atoms in total. The van der Waals surface area contributed by atoms with E-state index in [9.17, 15) is 9.59 Å². The number of thiophene rings is 1. The standard InChI is InChI=1S/C16H20N4O3S.ClH/c1-4-23-16(22)13-10-6-8-19(2)9-12(10)24-15(13)18-14(21)11-5-7-17-20(11)3;/h5,7H,4,6,8-9H2,1-3H3,(H,18,21);1H. The number of nitrogens with zero attached hydrogens (tertiary/aromatic N) is 3. The highest BCUT2D eigenvalue weighted by molar-refractivity contribution is 7.17. The minimum Gasteiger partial charge on any atom is -0.462 e. The first-order valence-electron chi connectivity index (χ1n) is 7.80. The van der Waals surface area contributed by atoms with Gasteiger partial charge < -0.3 is 15.0 Å². The monoisotopic (exact) mass is 384 g/mol. The van der Waals surface area contributed by atoms with Gasteiger partial charge in [0.15, 0.2) is 0 Å². The van der Waals surface area contributed by atoms with E-state index < -0.39 is 0 Å². The maximum Gasteiger partial charge on any atom is 0.341 e. The molecule has 1 amide bonds. The van der Waals surface area contributed by atoms with Crippen molar-refractivity contribution in [1.82, 2.24) is 14.7 Å². The molecule has 136 valence electrons. The summed E-state index contributed by atoms with van der Waals surface area (Å²) in [6.07, 6.45) is 2.34. The smallest absolute Gasteiger partial charge is 0.341 e. The summed E-state index contributed by atoms with van der Waals surface area (Å²) in [5.74, 6) is -0.660. The molecule has 1 aliphatic rings. The summed E-state index contributed by atoms with van der Waals surface area (Å²) in [6.45, 7) is 3.73. The van der Waals surface area contributed by atoms with E-state index in [4.69, 9.17) is 4.74 Å². The molecule has 0 saturated carbocycles. The Morgan fingerprint density at radius 1 is 1.40 bits per heavy atom. The molecular weight excluding hydrogens is 364 g/mol. The minimum atomic E-state index is -0.375. The fourth-order valence-electron chi connectivity index (χ4n) is 2.80. The average molecular weight is 385 g/mol. The van der Waals surface area contributed by atoms with E-state index in [0.717, 1.165) is 30.0 Å². The topological polar surface area (TPSA) is 76.5 Å². The number of aryl methyl sites for hydroxylation is 1. The van der Waals surface area contributed by atoms with Gasteiger partial charge in [0.25, 0.3) is 5.91 Å². The number of halogens is 1. The lowest BCUT2D eigenvalue weighted by Gasteiger charge is -2.22. The number of hydrogen-bond acceptors (Lipinski definition) is 6. The Hall–Kier alpha value is -1.90. The maximum atomic E-state index is 12.5. The molecule has 3 rings (SSSR count). The first-order valence-corrected chi connectivity index (χ1v) is 8.62. The number of carbonyl (C=O) groups is 2. The third-order valence-electron chi connectivity index (χ3n) is 4.01. The lowest BCUT2D eigenvalue weighted by molar-refractivity contribution is 0.0526. The number of rotatable bonds is 4. The van der Waals surface area contributed by atoms with Crippen LogP contribution in [0.2, 0.25) is 0 Å². The van der Waals surface area contributed by atoms with Crippen LogP contribution >= 0.6 is 23.7 Å². The molecule has 0 aromatic carbocycles. The molecule has 0 radical (unpaired) electrons. The predicted molar refractivity (Wildman–Crippen MR) is 98.7 cm³/mol. The minimum absolute atomic E-state index is 0. The van der Waals surface area contributed by atoms with Crippen LogP contribution in [-0.4, -0.2) is 46.8 Å². The number of carbonyl (C=O) groups excluding carboxylic acids is 2. The van der Waals surface area contributed by atoms with Gasteiger partial charge in [-0.25, -0.2) is 4.79 Å². The molecule has 0 atom stereocenters.